The second-order valence-electron chi connectivity index (χ2n) is 3.41. The van der Waals surface area contributed by atoms with Gasteiger partial charge in [0.05, 0.1) is 0 Å². The van der Waals surface area contributed by atoms with Crippen molar-refractivity contribution >= 4 is 5.82 Å². The van der Waals surface area contributed by atoms with E-state index in [-0.39, 0.29) is 6.04 Å². The summed E-state index contributed by atoms with van der Waals surface area (Å²) in [6.45, 7) is 6.43. The van der Waals surface area contributed by atoms with E-state index in [1.807, 2.05) is 43.3 Å². The third-order valence-corrected chi connectivity index (χ3v) is 2.09. The molecule has 2 N–H and O–H groups in total. The molecule has 0 amide bonds. The van der Waals surface area contributed by atoms with Gasteiger partial charge < -0.3 is 10.6 Å². The molecule has 1 aromatic heterocycles. The number of pyridine rings is 1. The number of likely N-dealkylation sites (N-methyl/N-ethyl adjacent to an activating group) is 1. The fourth-order valence-electron chi connectivity index (χ4n) is 1.18. The number of anilines is 1. The molecular formula is C11H17N3. The van der Waals surface area contributed by atoms with Gasteiger partial charge in [0.15, 0.2) is 0 Å². The van der Waals surface area contributed by atoms with Crippen molar-refractivity contribution < 1.29 is 0 Å². The van der Waals surface area contributed by atoms with E-state index in [0.29, 0.717) is 0 Å². The molecule has 0 fully saturated rings. The number of hydrogen-bond acceptors (Lipinski definition) is 3. The molecule has 0 unspecified atom stereocenters. The molecule has 1 rings (SSSR count). The van der Waals surface area contributed by atoms with Crippen LogP contribution in [0, 0.1) is 0 Å². The van der Waals surface area contributed by atoms with Gasteiger partial charge in [0.25, 0.3) is 0 Å². The van der Waals surface area contributed by atoms with Crippen molar-refractivity contribution in [3.8, 4) is 0 Å². The first-order valence-corrected chi connectivity index (χ1v) is 4.68. The minimum atomic E-state index is 0.0428. The Bertz CT molecular complexity index is 290. The molecule has 0 saturated heterocycles. The van der Waals surface area contributed by atoms with Gasteiger partial charge in [-0.05, 0) is 18.6 Å². The Morgan fingerprint density at radius 1 is 1.64 bits per heavy atom. The smallest absolute Gasteiger partial charge is 0.128 e. The third-order valence-electron chi connectivity index (χ3n) is 2.09. The molecule has 0 aliphatic carbocycles. The van der Waals surface area contributed by atoms with E-state index in [9.17, 15) is 0 Å². The standard InChI is InChI=1S/C11H17N3/c1-4-7-14(3)11-6-5-10(8-13-11)9(2)12/h4-6,8-9H,1,7,12H2,2-3H3/t9-/m1/s1. The first-order valence-electron chi connectivity index (χ1n) is 4.68. The van der Waals surface area contributed by atoms with Crippen molar-refractivity contribution in [2.24, 2.45) is 5.73 Å². The van der Waals surface area contributed by atoms with Crippen LogP contribution >= 0.6 is 0 Å². The summed E-state index contributed by atoms with van der Waals surface area (Å²) in [5.41, 5.74) is 6.79. The molecule has 0 aliphatic heterocycles. The quantitative estimate of drug-likeness (QED) is 0.737. The maximum atomic E-state index is 5.73. The summed E-state index contributed by atoms with van der Waals surface area (Å²) in [6, 6.07) is 4.02. The van der Waals surface area contributed by atoms with Gasteiger partial charge >= 0.3 is 0 Å². The van der Waals surface area contributed by atoms with Crippen molar-refractivity contribution in [1.82, 2.24) is 4.98 Å². The van der Waals surface area contributed by atoms with Crippen LogP contribution in [0.15, 0.2) is 31.0 Å². The van der Waals surface area contributed by atoms with Crippen molar-refractivity contribution in [2.75, 3.05) is 18.5 Å². The monoisotopic (exact) mass is 191 g/mol. The maximum Gasteiger partial charge on any atom is 0.128 e. The van der Waals surface area contributed by atoms with Gasteiger partial charge in [-0.3, -0.25) is 0 Å². The minimum absolute atomic E-state index is 0.0428. The molecule has 3 heteroatoms. The number of nitrogens with two attached hydrogens (primary N) is 1. The van der Waals surface area contributed by atoms with E-state index >= 15 is 0 Å². The Morgan fingerprint density at radius 2 is 2.36 bits per heavy atom. The lowest BCUT2D eigenvalue weighted by Gasteiger charge is -2.16. The van der Waals surface area contributed by atoms with Crippen LogP contribution in [0.1, 0.15) is 18.5 Å². The Hall–Kier alpha value is -1.35. The van der Waals surface area contributed by atoms with E-state index in [4.69, 9.17) is 5.73 Å². The molecule has 0 spiro atoms. The van der Waals surface area contributed by atoms with E-state index in [1.165, 1.54) is 0 Å². The topological polar surface area (TPSA) is 42.1 Å². The predicted molar refractivity (Wildman–Crippen MR) is 60.3 cm³/mol. The summed E-state index contributed by atoms with van der Waals surface area (Å²) in [7, 11) is 1.98. The summed E-state index contributed by atoms with van der Waals surface area (Å²) < 4.78 is 0. The summed E-state index contributed by atoms with van der Waals surface area (Å²) in [6.07, 6.45) is 3.67. The van der Waals surface area contributed by atoms with Crippen molar-refractivity contribution in [2.45, 2.75) is 13.0 Å². The van der Waals surface area contributed by atoms with Gasteiger partial charge in [-0.2, -0.15) is 0 Å². The molecule has 0 aliphatic rings. The van der Waals surface area contributed by atoms with Crippen molar-refractivity contribution in [1.29, 1.82) is 0 Å². The largest absolute Gasteiger partial charge is 0.356 e. The van der Waals surface area contributed by atoms with Crippen LogP contribution in [-0.2, 0) is 0 Å². The molecule has 0 aromatic carbocycles. The molecule has 0 saturated carbocycles. The lowest BCUT2D eigenvalue weighted by Crippen LogP contribution is -2.18. The zero-order valence-electron chi connectivity index (χ0n) is 8.77. The fraction of sp³-hybridized carbons (Fsp3) is 0.364. The third kappa shape index (κ3) is 2.57. The summed E-state index contributed by atoms with van der Waals surface area (Å²) in [5, 5.41) is 0. The SMILES string of the molecule is C=CCN(C)c1ccc([C@@H](C)N)cn1. The molecule has 76 valence electrons. The van der Waals surface area contributed by atoms with Gasteiger partial charge in [-0.25, -0.2) is 4.98 Å². The lowest BCUT2D eigenvalue weighted by atomic mass is 10.1. The highest BCUT2D eigenvalue weighted by atomic mass is 15.1. The Balaban J connectivity index is 2.77. The van der Waals surface area contributed by atoms with Crippen LogP contribution in [0.5, 0.6) is 0 Å². The normalized spacial score (nSPS) is 12.2. The first-order chi connectivity index (χ1) is 6.65. The number of nitrogens with zero attached hydrogens (tertiary/aromatic N) is 2. The molecule has 0 bridgehead atoms. The molecule has 1 aromatic rings. The second-order valence-corrected chi connectivity index (χ2v) is 3.41. The zero-order chi connectivity index (χ0) is 10.6. The number of hydrogen-bond donors (Lipinski definition) is 1. The van der Waals surface area contributed by atoms with Gasteiger partial charge in [0.2, 0.25) is 0 Å². The van der Waals surface area contributed by atoms with E-state index in [2.05, 4.69) is 11.6 Å². The van der Waals surface area contributed by atoms with Crippen LogP contribution in [0.3, 0.4) is 0 Å². The van der Waals surface area contributed by atoms with Crippen LogP contribution in [0.2, 0.25) is 0 Å². The van der Waals surface area contributed by atoms with Crippen molar-refractivity contribution in [3.63, 3.8) is 0 Å². The Morgan fingerprint density at radius 3 is 2.79 bits per heavy atom. The van der Waals surface area contributed by atoms with Crippen LogP contribution in [0.25, 0.3) is 0 Å². The highest BCUT2D eigenvalue weighted by molar-refractivity contribution is 5.39. The highest BCUT2D eigenvalue weighted by Gasteiger charge is 2.02. The predicted octanol–water partition coefficient (Wildman–Crippen LogP) is 1.72. The van der Waals surface area contributed by atoms with Gasteiger partial charge in [0.1, 0.15) is 5.82 Å². The molecular weight excluding hydrogens is 174 g/mol. The molecule has 0 radical (unpaired) electrons. The van der Waals surface area contributed by atoms with Crippen LogP contribution < -0.4 is 10.6 Å². The number of rotatable bonds is 4. The minimum Gasteiger partial charge on any atom is -0.356 e. The number of aromatic nitrogens is 1. The summed E-state index contributed by atoms with van der Waals surface area (Å²) >= 11 is 0. The Kier molecular flexibility index (Phi) is 3.65. The summed E-state index contributed by atoms with van der Waals surface area (Å²) in [5.74, 6) is 0.939. The van der Waals surface area contributed by atoms with Gasteiger partial charge in [-0.15, -0.1) is 6.58 Å². The summed E-state index contributed by atoms with van der Waals surface area (Å²) in [4.78, 5) is 6.34. The van der Waals surface area contributed by atoms with Gasteiger partial charge in [0, 0.05) is 25.8 Å². The van der Waals surface area contributed by atoms with E-state index < -0.39 is 0 Å². The van der Waals surface area contributed by atoms with E-state index in [1.54, 1.807) is 0 Å². The second kappa shape index (κ2) is 4.77. The average Bonchev–Trinajstić information content (AvgIpc) is 2.18. The van der Waals surface area contributed by atoms with Gasteiger partial charge in [-0.1, -0.05) is 12.1 Å². The van der Waals surface area contributed by atoms with Crippen molar-refractivity contribution in [3.05, 3.63) is 36.5 Å². The molecule has 1 atom stereocenters. The van der Waals surface area contributed by atoms with Crippen LogP contribution in [0.4, 0.5) is 5.82 Å². The highest BCUT2D eigenvalue weighted by Crippen LogP contribution is 2.13. The van der Waals surface area contributed by atoms with E-state index in [0.717, 1.165) is 17.9 Å². The Labute approximate surface area is 85.3 Å². The molecule has 1 heterocycles. The fourth-order valence-corrected chi connectivity index (χ4v) is 1.18. The molecule has 3 nitrogen and oxygen atoms in total. The lowest BCUT2D eigenvalue weighted by molar-refractivity contribution is 0.809. The molecule has 14 heavy (non-hydrogen) atoms. The average molecular weight is 191 g/mol. The first kappa shape index (κ1) is 10.7. The van der Waals surface area contributed by atoms with Crippen LogP contribution in [-0.4, -0.2) is 18.6 Å². The zero-order valence-corrected chi connectivity index (χ0v) is 8.77. The maximum absolute atomic E-state index is 5.73.